The Labute approximate surface area is 141 Å². The normalized spacial score (nSPS) is 13.8. The Morgan fingerprint density at radius 1 is 0.840 bits per heavy atom. The molecule has 0 atom stereocenters. The molecule has 1 rings (SSSR count). The highest BCUT2D eigenvalue weighted by molar-refractivity contribution is 6.40. The zero-order chi connectivity index (χ0) is 20.0. The highest BCUT2D eigenvalue weighted by Crippen LogP contribution is 2.47. The van der Waals surface area contributed by atoms with Crippen LogP contribution in [0.1, 0.15) is 5.56 Å². The second-order valence-corrected chi connectivity index (χ2v) is 5.23. The van der Waals surface area contributed by atoms with Crippen molar-refractivity contribution in [1.29, 1.82) is 0 Å². The van der Waals surface area contributed by atoms with Gasteiger partial charge in [-0.15, -0.1) is 0 Å². The molecule has 14 heteroatoms. The van der Waals surface area contributed by atoms with Crippen molar-refractivity contribution in [3.05, 3.63) is 27.7 Å². The summed E-state index contributed by atoms with van der Waals surface area (Å²) in [6.07, 6.45) is -11.8. The van der Waals surface area contributed by atoms with Crippen LogP contribution < -0.4 is 5.32 Å². The molecule has 0 heterocycles. The van der Waals surface area contributed by atoms with Crippen LogP contribution in [-0.2, 0) is 11.0 Å². The van der Waals surface area contributed by atoms with E-state index in [0.29, 0.717) is 0 Å². The number of benzene rings is 1. The summed E-state index contributed by atoms with van der Waals surface area (Å²) < 4.78 is 125. The summed E-state index contributed by atoms with van der Waals surface area (Å²) in [4.78, 5) is 11.1. The Kier molecular flexibility index (Phi) is 5.52. The van der Waals surface area contributed by atoms with Crippen molar-refractivity contribution in [1.82, 2.24) is 0 Å². The van der Waals surface area contributed by atoms with Crippen molar-refractivity contribution in [2.75, 3.05) is 5.32 Å². The predicted octanol–water partition coefficient (Wildman–Crippen LogP) is 5.78. The first-order valence-corrected chi connectivity index (χ1v) is 6.38. The van der Waals surface area contributed by atoms with Crippen molar-refractivity contribution >= 4 is 34.8 Å². The van der Waals surface area contributed by atoms with E-state index in [1.165, 1.54) is 0 Å². The van der Waals surface area contributed by atoms with Crippen LogP contribution in [0.5, 0.6) is 0 Å². The Balaban J connectivity index is 3.25. The average molecular weight is 426 g/mol. The van der Waals surface area contributed by atoms with Gasteiger partial charge in [0.05, 0.1) is 21.3 Å². The molecule has 25 heavy (non-hydrogen) atoms. The van der Waals surface area contributed by atoms with Gasteiger partial charge in [0.1, 0.15) is 0 Å². The lowest BCUT2D eigenvalue weighted by Crippen LogP contribution is -2.57. The second kappa shape index (κ2) is 6.38. The molecule has 1 amide bonds. The first-order valence-electron chi connectivity index (χ1n) is 5.63. The fourth-order valence-electron chi connectivity index (χ4n) is 1.37. The highest BCUT2D eigenvalue weighted by atomic mass is 35.5. The average Bonchev–Trinajstić information content (AvgIpc) is 2.39. The van der Waals surface area contributed by atoms with Gasteiger partial charge in [0.15, 0.2) is 0 Å². The van der Waals surface area contributed by atoms with E-state index in [4.69, 9.17) is 23.2 Å². The SMILES string of the molecule is O=C(Nc1c(Cl)cc(C(F)(F)F)cc1Cl)C(F)(F)C(F)(F)C(F)(F)F. The third-order valence-electron chi connectivity index (χ3n) is 2.64. The molecular formula is C11H3Cl2F10NO. The lowest BCUT2D eigenvalue weighted by atomic mass is 10.1. The van der Waals surface area contributed by atoms with Gasteiger partial charge in [0.25, 0.3) is 0 Å². The Hall–Kier alpha value is -1.43. The standard InChI is InChI=1S/C11H3Cl2F10NO/c12-4-1-3(9(16,17)18)2-5(13)6(4)24-7(25)8(14,15)10(19,20)11(21,22)23/h1-2H,(H,24,25). The minimum absolute atomic E-state index is 0.100. The Morgan fingerprint density at radius 2 is 1.24 bits per heavy atom. The molecule has 0 radical (unpaired) electrons. The van der Waals surface area contributed by atoms with Crippen LogP contribution in [0.3, 0.4) is 0 Å². The van der Waals surface area contributed by atoms with Crippen LogP contribution >= 0.6 is 23.2 Å². The maximum absolute atomic E-state index is 13.2. The van der Waals surface area contributed by atoms with Crippen LogP contribution in [-0.4, -0.2) is 23.9 Å². The lowest BCUT2D eigenvalue weighted by Gasteiger charge is -2.27. The molecule has 0 aliphatic rings. The van der Waals surface area contributed by atoms with Gasteiger partial charge in [-0.1, -0.05) is 23.2 Å². The molecule has 0 aliphatic carbocycles. The predicted molar refractivity (Wildman–Crippen MR) is 66.0 cm³/mol. The van der Waals surface area contributed by atoms with E-state index >= 15 is 0 Å². The van der Waals surface area contributed by atoms with E-state index < -0.39 is 51.4 Å². The number of halogens is 12. The van der Waals surface area contributed by atoms with Crippen LogP contribution in [0.2, 0.25) is 10.0 Å². The van der Waals surface area contributed by atoms with E-state index in [1.807, 2.05) is 0 Å². The number of carbonyl (C=O) groups excluding carboxylic acids is 1. The zero-order valence-corrected chi connectivity index (χ0v) is 12.6. The Morgan fingerprint density at radius 3 is 1.56 bits per heavy atom. The molecule has 1 N–H and O–H groups in total. The van der Waals surface area contributed by atoms with Crippen LogP contribution in [0, 0.1) is 0 Å². The van der Waals surface area contributed by atoms with E-state index in [9.17, 15) is 48.7 Å². The first kappa shape index (κ1) is 21.6. The topological polar surface area (TPSA) is 29.1 Å². The maximum Gasteiger partial charge on any atom is 0.460 e. The molecule has 0 saturated carbocycles. The van der Waals surface area contributed by atoms with Crippen molar-refractivity contribution < 1.29 is 48.7 Å². The molecule has 0 fully saturated rings. The number of carbonyl (C=O) groups is 1. The summed E-state index contributed by atoms with van der Waals surface area (Å²) in [5, 5.41) is -1.35. The minimum Gasteiger partial charge on any atom is -0.318 e. The van der Waals surface area contributed by atoms with Crippen molar-refractivity contribution in [2.45, 2.75) is 24.2 Å². The van der Waals surface area contributed by atoms with Gasteiger partial charge in [-0.2, -0.15) is 43.9 Å². The zero-order valence-electron chi connectivity index (χ0n) is 11.1. The molecule has 0 unspecified atom stereocenters. The molecule has 0 aliphatic heterocycles. The van der Waals surface area contributed by atoms with Crippen LogP contribution in [0.4, 0.5) is 49.6 Å². The number of anilines is 1. The summed E-state index contributed by atoms with van der Waals surface area (Å²) in [6, 6.07) is 0.201. The number of hydrogen-bond donors (Lipinski definition) is 1. The van der Waals surface area contributed by atoms with Crippen molar-refractivity contribution in [2.24, 2.45) is 0 Å². The molecule has 1 aromatic carbocycles. The summed E-state index contributed by atoms with van der Waals surface area (Å²) in [5.74, 6) is -16.2. The number of nitrogens with one attached hydrogen (secondary N) is 1. The maximum atomic E-state index is 13.2. The van der Waals surface area contributed by atoms with E-state index in [-0.39, 0.29) is 12.1 Å². The van der Waals surface area contributed by atoms with Crippen molar-refractivity contribution in [3.63, 3.8) is 0 Å². The molecular weight excluding hydrogens is 423 g/mol. The molecule has 0 aromatic heterocycles. The molecule has 0 spiro atoms. The van der Waals surface area contributed by atoms with Crippen LogP contribution in [0.15, 0.2) is 12.1 Å². The fourth-order valence-corrected chi connectivity index (χ4v) is 1.95. The van der Waals surface area contributed by atoms with Gasteiger partial charge < -0.3 is 5.32 Å². The second-order valence-electron chi connectivity index (χ2n) is 4.41. The summed E-state index contributed by atoms with van der Waals surface area (Å²) in [6.45, 7) is 0. The number of alkyl halides is 10. The molecule has 1 aromatic rings. The van der Waals surface area contributed by atoms with Crippen LogP contribution in [0.25, 0.3) is 0 Å². The summed E-state index contributed by atoms with van der Waals surface area (Å²) in [5.41, 5.74) is -2.67. The van der Waals surface area contributed by atoms with Gasteiger partial charge in [0, 0.05) is 0 Å². The molecule has 142 valence electrons. The van der Waals surface area contributed by atoms with E-state index in [0.717, 1.165) is 5.32 Å². The monoisotopic (exact) mass is 425 g/mol. The number of hydrogen-bond acceptors (Lipinski definition) is 1. The van der Waals surface area contributed by atoms with Gasteiger partial charge >= 0.3 is 30.1 Å². The fraction of sp³-hybridized carbons (Fsp3) is 0.364. The summed E-state index contributed by atoms with van der Waals surface area (Å²) in [7, 11) is 0. The Bertz CT molecular complexity index is 659. The smallest absolute Gasteiger partial charge is 0.318 e. The van der Waals surface area contributed by atoms with Gasteiger partial charge in [-0.3, -0.25) is 4.79 Å². The number of amides is 1. The van der Waals surface area contributed by atoms with Gasteiger partial charge in [-0.25, -0.2) is 0 Å². The van der Waals surface area contributed by atoms with Crippen molar-refractivity contribution in [3.8, 4) is 0 Å². The molecule has 0 saturated heterocycles. The van der Waals surface area contributed by atoms with Gasteiger partial charge in [0.2, 0.25) is 0 Å². The van der Waals surface area contributed by atoms with Gasteiger partial charge in [-0.05, 0) is 12.1 Å². The largest absolute Gasteiger partial charge is 0.460 e. The first-order chi connectivity index (χ1) is 10.9. The number of rotatable bonds is 3. The molecule has 0 bridgehead atoms. The van der Waals surface area contributed by atoms with E-state index in [2.05, 4.69) is 0 Å². The third kappa shape index (κ3) is 4.05. The lowest BCUT2D eigenvalue weighted by molar-refractivity contribution is -0.343. The van der Waals surface area contributed by atoms with E-state index in [1.54, 1.807) is 0 Å². The quantitative estimate of drug-likeness (QED) is 0.610. The highest BCUT2D eigenvalue weighted by Gasteiger charge is 2.76. The molecule has 2 nitrogen and oxygen atoms in total. The third-order valence-corrected chi connectivity index (χ3v) is 3.24. The minimum atomic E-state index is -6.78. The summed E-state index contributed by atoms with van der Waals surface area (Å²) >= 11 is 10.6.